The first-order valence-electron chi connectivity index (χ1n) is 8.67. The predicted octanol–water partition coefficient (Wildman–Crippen LogP) is 4.70. The number of hydrogen-bond donors (Lipinski definition) is 1. The number of carbonyl (C=O) groups is 2. The summed E-state index contributed by atoms with van der Waals surface area (Å²) in [4.78, 5) is 26.4. The Labute approximate surface area is 177 Å². The molecule has 0 bridgehead atoms. The quantitative estimate of drug-likeness (QED) is 0.481. The summed E-state index contributed by atoms with van der Waals surface area (Å²) in [6.45, 7) is 2.93. The third kappa shape index (κ3) is 5.21. The standard InChI is InChI=1S/C20H19NO4S3/c1-13-15(8-10-27-13)12-25-16-6-4-14(5-7-16)11-17-19(24)21(20(26)28-17)9-2-3-18(22)23/h4-8,10-11H,2-3,9,12H2,1H3,(H,22,23)/b17-11+. The van der Waals surface area contributed by atoms with E-state index < -0.39 is 5.97 Å². The lowest BCUT2D eigenvalue weighted by atomic mass is 10.2. The van der Waals surface area contributed by atoms with Crippen molar-refractivity contribution in [3.8, 4) is 5.75 Å². The molecule has 0 radical (unpaired) electrons. The normalized spacial score (nSPS) is 15.5. The Bertz CT molecular complexity index is 918. The van der Waals surface area contributed by atoms with Crippen LogP contribution in [0.25, 0.3) is 6.08 Å². The van der Waals surface area contributed by atoms with Crippen molar-refractivity contribution in [1.29, 1.82) is 0 Å². The van der Waals surface area contributed by atoms with E-state index >= 15 is 0 Å². The zero-order chi connectivity index (χ0) is 20.1. The Balaban J connectivity index is 1.60. The first kappa shape index (κ1) is 20.6. The highest BCUT2D eigenvalue weighted by Crippen LogP contribution is 2.33. The van der Waals surface area contributed by atoms with E-state index in [0.29, 0.717) is 28.8 Å². The first-order valence-corrected chi connectivity index (χ1v) is 10.8. The Morgan fingerprint density at radius 1 is 1.29 bits per heavy atom. The Kier molecular flexibility index (Phi) is 6.88. The molecule has 0 aliphatic carbocycles. The minimum atomic E-state index is -0.877. The van der Waals surface area contributed by atoms with Crippen molar-refractivity contribution in [3.63, 3.8) is 0 Å². The van der Waals surface area contributed by atoms with Gasteiger partial charge < -0.3 is 9.84 Å². The van der Waals surface area contributed by atoms with Crippen molar-refractivity contribution in [2.24, 2.45) is 0 Å². The highest BCUT2D eigenvalue weighted by Gasteiger charge is 2.31. The minimum absolute atomic E-state index is 0.0163. The number of aryl methyl sites for hydroxylation is 1. The first-order chi connectivity index (χ1) is 13.4. The second-order valence-electron chi connectivity index (χ2n) is 6.19. The van der Waals surface area contributed by atoms with Gasteiger partial charge in [-0.1, -0.05) is 36.1 Å². The van der Waals surface area contributed by atoms with Gasteiger partial charge in [0.2, 0.25) is 0 Å². The average Bonchev–Trinajstić information content (AvgIpc) is 3.18. The van der Waals surface area contributed by atoms with E-state index in [1.165, 1.54) is 27.1 Å². The smallest absolute Gasteiger partial charge is 0.303 e. The van der Waals surface area contributed by atoms with Crippen LogP contribution in [-0.4, -0.2) is 32.7 Å². The monoisotopic (exact) mass is 433 g/mol. The molecule has 1 aliphatic rings. The van der Waals surface area contributed by atoms with E-state index in [1.807, 2.05) is 24.3 Å². The average molecular weight is 434 g/mol. The molecule has 8 heteroatoms. The SMILES string of the molecule is Cc1sccc1COc1ccc(/C=C2/SC(=S)N(CCCC(=O)O)C2=O)cc1. The molecule has 28 heavy (non-hydrogen) atoms. The van der Waals surface area contributed by atoms with Crippen LogP contribution in [-0.2, 0) is 16.2 Å². The van der Waals surface area contributed by atoms with Crippen LogP contribution in [0.2, 0.25) is 0 Å². The summed E-state index contributed by atoms with van der Waals surface area (Å²) in [6.07, 6.45) is 2.19. The highest BCUT2D eigenvalue weighted by molar-refractivity contribution is 8.26. The van der Waals surface area contributed by atoms with Crippen LogP contribution in [0, 0.1) is 6.92 Å². The lowest BCUT2D eigenvalue weighted by molar-refractivity contribution is -0.137. The number of carboxylic acids is 1. The van der Waals surface area contributed by atoms with Gasteiger partial charge in [0.05, 0.1) is 4.91 Å². The van der Waals surface area contributed by atoms with E-state index in [0.717, 1.165) is 11.3 Å². The van der Waals surface area contributed by atoms with Crippen LogP contribution in [0.4, 0.5) is 0 Å². The number of nitrogens with zero attached hydrogens (tertiary/aromatic N) is 1. The van der Waals surface area contributed by atoms with Crippen molar-refractivity contribution in [2.45, 2.75) is 26.4 Å². The number of aliphatic carboxylic acids is 1. The van der Waals surface area contributed by atoms with Gasteiger partial charge in [0.25, 0.3) is 5.91 Å². The Hall–Kier alpha value is -2.16. The summed E-state index contributed by atoms with van der Waals surface area (Å²) in [5, 5.41) is 10.8. The summed E-state index contributed by atoms with van der Waals surface area (Å²) >= 11 is 8.20. The summed E-state index contributed by atoms with van der Waals surface area (Å²) in [6, 6.07) is 9.61. The third-order valence-electron chi connectivity index (χ3n) is 4.18. The molecule has 0 atom stereocenters. The van der Waals surface area contributed by atoms with Crippen molar-refractivity contribution >= 4 is 57.6 Å². The van der Waals surface area contributed by atoms with Gasteiger partial charge in [0, 0.05) is 23.4 Å². The lowest BCUT2D eigenvalue weighted by Crippen LogP contribution is -2.29. The second-order valence-corrected chi connectivity index (χ2v) is 8.99. The molecule has 2 heterocycles. The molecule has 0 unspecified atom stereocenters. The molecule has 1 saturated heterocycles. The molecule has 0 spiro atoms. The molecule has 1 aromatic heterocycles. The molecule has 2 aromatic rings. The fourth-order valence-corrected chi connectivity index (χ4v) is 4.64. The number of thioether (sulfide) groups is 1. The summed E-state index contributed by atoms with van der Waals surface area (Å²) in [5.41, 5.74) is 2.06. The summed E-state index contributed by atoms with van der Waals surface area (Å²) in [7, 11) is 0. The Morgan fingerprint density at radius 3 is 2.68 bits per heavy atom. The maximum atomic E-state index is 12.5. The molecule has 1 fully saturated rings. The maximum absolute atomic E-state index is 12.5. The van der Waals surface area contributed by atoms with Gasteiger partial charge in [-0.3, -0.25) is 14.5 Å². The van der Waals surface area contributed by atoms with E-state index in [9.17, 15) is 9.59 Å². The molecule has 1 N–H and O–H groups in total. The molecular weight excluding hydrogens is 414 g/mol. The topological polar surface area (TPSA) is 66.8 Å². The zero-order valence-corrected chi connectivity index (χ0v) is 17.7. The fourth-order valence-electron chi connectivity index (χ4n) is 2.61. The summed E-state index contributed by atoms with van der Waals surface area (Å²) in [5.74, 6) is -0.282. The van der Waals surface area contributed by atoms with Crippen LogP contribution >= 0.6 is 35.3 Å². The Morgan fingerprint density at radius 2 is 2.04 bits per heavy atom. The number of hydrogen-bond acceptors (Lipinski definition) is 6. The van der Waals surface area contributed by atoms with E-state index in [1.54, 1.807) is 17.4 Å². The van der Waals surface area contributed by atoms with Crippen molar-refractivity contribution < 1.29 is 19.4 Å². The molecule has 1 amide bonds. The number of amides is 1. The van der Waals surface area contributed by atoms with Gasteiger partial charge in [-0.15, -0.1) is 11.3 Å². The van der Waals surface area contributed by atoms with Crippen LogP contribution in [0.1, 0.15) is 28.8 Å². The second kappa shape index (κ2) is 9.36. The van der Waals surface area contributed by atoms with Gasteiger partial charge in [-0.05, 0) is 48.6 Å². The molecule has 146 valence electrons. The molecule has 3 rings (SSSR count). The number of thiocarbonyl (C=S) groups is 1. The van der Waals surface area contributed by atoms with Crippen LogP contribution in [0.5, 0.6) is 5.75 Å². The van der Waals surface area contributed by atoms with E-state index in [2.05, 4.69) is 18.4 Å². The largest absolute Gasteiger partial charge is 0.489 e. The van der Waals surface area contributed by atoms with Gasteiger partial charge in [0.15, 0.2) is 0 Å². The molecule has 1 aromatic carbocycles. The van der Waals surface area contributed by atoms with Crippen molar-refractivity contribution in [2.75, 3.05) is 6.54 Å². The molecular formula is C20H19NO4S3. The number of carbonyl (C=O) groups excluding carboxylic acids is 1. The number of benzene rings is 1. The highest BCUT2D eigenvalue weighted by atomic mass is 32.2. The van der Waals surface area contributed by atoms with Gasteiger partial charge in [-0.2, -0.15) is 0 Å². The van der Waals surface area contributed by atoms with Crippen LogP contribution in [0.3, 0.4) is 0 Å². The van der Waals surface area contributed by atoms with Gasteiger partial charge >= 0.3 is 5.97 Å². The predicted molar refractivity (Wildman–Crippen MR) is 117 cm³/mol. The number of rotatable bonds is 8. The molecule has 5 nitrogen and oxygen atoms in total. The van der Waals surface area contributed by atoms with Gasteiger partial charge in [0.1, 0.15) is 16.7 Å². The zero-order valence-electron chi connectivity index (χ0n) is 15.2. The van der Waals surface area contributed by atoms with Crippen molar-refractivity contribution in [1.82, 2.24) is 4.90 Å². The maximum Gasteiger partial charge on any atom is 0.303 e. The third-order valence-corrected chi connectivity index (χ3v) is 6.45. The van der Waals surface area contributed by atoms with E-state index in [4.69, 9.17) is 22.1 Å². The summed E-state index contributed by atoms with van der Waals surface area (Å²) < 4.78 is 6.28. The van der Waals surface area contributed by atoms with E-state index in [-0.39, 0.29) is 12.3 Å². The van der Waals surface area contributed by atoms with Gasteiger partial charge in [-0.25, -0.2) is 0 Å². The minimum Gasteiger partial charge on any atom is -0.489 e. The van der Waals surface area contributed by atoms with Crippen LogP contribution < -0.4 is 4.74 Å². The lowest BCUT2D eigenvalue weighted by Gasteiger charge is -2.13. The fraction of sp³-hybridized carbons (Fsp3) is 0.250. The number of thiophene rings is 1. The number of ether oxygens (including phenoxy) is 1. The molecule has 1 aliphatic heterocycles. The van der Waals surface area contributed by atoms with Crippen LogP contribution in [0.15, 0.2) is 40.6 Å². The molecule has 0 saturated carbocycles. The number of carboxylic acid groups (broad SMARTS) is 1. The van der Waals surface area contributed by atoms with Crippen molar-refractivity contribution in [3.05, 3.63) is 56.6 Å².